The van der Waals surface area contributed by atoms with E-state index < -0.39 is 0 Å². The molecular formula is C12H9ClN4. The zero-order chi connectivity index (χ0) is 12.3. The summed E-state index contributed by atoms with van der Waals surface area (Å²) in [5, 5.41) is 11.9. The van der Waals surface area contributed by atoms with Gasteiger partial charge in [0.15, 0.2) is 0 Å². The minimum Gasteiger partial charge on any atom is -0.340 e. The van der Waals surface area contributed by atoms with Gasteiger partial charge in [-0.2, -0.15) is 5.26 Å². The molecule has 0 bridgehead atoms. The van der Waals surface area contributed by atoms with E-state index in [1.54, 1.807) is 6.07 Å². The van der Waals surface area contributed by atoms with Crippen molar-refractivity contribution in [3.63, 3.8) is 0 Å². The lowest BCUT2D eigenvalue weighted by Crippen LogP contribution is -1.97. The number of aromatic nitrogens is 2. The molecule has 0 fully saturated rings. The fraction of sp³-hybridized carbons (Fsp3) is 0.0833. The molecule has 1 heterocycles. The molecule has 0 amide bonds. The molecule has 0 aliphatic carbocycles. The summed E-state index contributed by atoms with van der Waals surface area (Å²) in [6.07, 6.45) is 0. The fourth-order valence-corrected chi connectivity index (χ4v) is 1.51. The summed E-state index contributed by atoms with van der Waals surface area (Å²) in [6.45, 7) is 2.01. The second-order valence-corrected chi connectivity index (χ2v) is 3.85. The second kappa shape index (κ2) is 4.81. The van der Waals surface area contributed by atoms with Gasteiger partial charge in [-0.25, -0.2) is 9.97 Å². The molecule has 1 aromatic heterocycles. The van der Waals surface area contributed by atoms with Crippen molar-refractivity contribution in [3.8, 4) is 6.07 Å². The minimum atomic E-state index is 0.0543. The number of aryl methyl sites for hydroxylation is 1. The topological polar surface area (TPSA) is 61.6 Å². The molecule has 1 N–H and O–H groups in total. The average molecular weight is 245 g/mol. The molecule has 4 nitrogen and oxygen atoms in total. The number of halogens is 1. The Bertz CT molecular complexity index is 572. The van der Waals surface area contributed by atoms with Crippen molar-refractivity contribution in [1.82, 2.24) is 9.97 Å². The van der Waals surface area contributed by atoms with Gasteiger partial charge in [0.1, 0.15) is 17.6 Å². The second-order valence-electron chi connectivity index (χ2n) is 3.51. The molecule has 0 saturated carbocycles. The predicted octanol–water partition coefficient (Wildman–Crippen LogP) is 3.05. The van der Waals surface area contributed by atoms with Crippen LogP contribution in [0.4, 0.5) is 11.5 Å². The van der Waals surface area contributed by atoms with E-state index >= 15 is 0 Å². The third-order valence-corrected chi connectivity index (χ3v) is 2.31. The van der Waals surface area contributed by atoms with Gasteiger partial charge in [0.05, 0.1) is 0 Å². The number of nitrogens with zero attached hydrogens (tertiary/aromatic N) is 3. The maximum absolute atomic E-state index is 8.76. The molecule has 2 rings (SSSR count). The molecule has 0 saturated heterocycles. The first kappa shape index (κ1) is 11.4. The number of benzene rings is 1. The van der Waals surface area contributed by atoms with E-state index in [0.29, 0.717) is 5.82 Å². The summed E-state index contributed by atoms with van der Waals surface area (Å²) in [5.74, 6) is 0.505. The average Bonchev–Trinajstić information content (AvgIpc) is 2.31. The van der Waals surface area contributed by atoms with Gasteiger partial charge in [-0.05, 0) is 30.7 Å². The van der Waals surface area contributed by atoms with Crippen molar-refractivity contribution in [3.05, 3.63) is 46.9 Å². The van der Waals surface area contributed by atoms with Gasteiger partial charge in [-0.1, -0.05) is 17.7 Å². The summed E-state index contributed by atoms with van der Waals surface area (Å²) in [6, 6.07) is 11.3. The third kappa shape index (κ3) is 2.92. The van der Waals surface area contributed by atoms with Gasteiger partial charge in [-0.15, -0.1) is 0 Å². The summed E-state index contributed by atoms with van der Waals surface area (Å²) in [7, 11) is 0. The summed E-state index contributed by atoms with van der Waals surface area (Å²) < 4.78 is 0. The van der Waals surface area contributed by atoms with Crippen LogP contribution in [0.3, 0.4) is 0 Å². The Balaban J connectivity index is 2.27. The van der Waals surface area contributed by atoms with Gasteiger partial charge >= 0.3 is 0 Å². The van der Waals surface area contributed by atoms with Crippen LogP contribution in [0.2, 0.25) is 5.28 Å². The predicted molar refractivity (Wildman–Crippen MR) is 66.2 cm³/mol. The normalized spacial score (nSPS) is 9.71. The number of nitrogens with one attached hydrogen (secondary N) is 1. The van der Waals surface area contributed by atoms with Gasteiger partial charge in [-0.3, -0.25) is 0 Å². The molecule has 84 valence electrons. The zero-order valence-electron chi connectivity index (χ0n) is 9.11. The number of hydrogen-bond donors (Lipinski definition) is 1. The van der Waals surface area contributed by atoms with Crippen molar-refractivity contribution in [1.29, 1.82) is 5.26 Å². The lowest BCUT2D eigenvalue weighted by atomic mass is 10.2. The number of rotatable bonds is 2. The molecule has 0 aliphatic rings. The Labute approximate surface area is 104 Å². The van der Waals surface area contributed by atoms with E-state index in [2.05, 4.69) is 15.3 Å². The van der Waals surface area contributed by atoms with E-state index in [-0.39, 0.29) is 11.0 Å². The molecular weight excluding hydrogens is 236 g/mol. The smallest absolute Gasteiger partial charge is 0.225 e. The van der Waals surface area contributed by atoms with Crippen molar-refractivity contribution in [2.45, 2.75) is 6.92 Å². The number of hydrogen-bond acceptors (Lipinski definition) is 4. The first-order valence-corrected chi connectivity index (χ1v) is 5.33. The van der Waals surface area contributed by atoms with Crippen LogP contribution in [0, 0.1) is 18.3 Å². The van der Waals surface area contributed by atoms with E-state index in [0.717, 1.165) is 5.69 Å². The maximum Gasteiger partial charge on any atom is 0.225 e. The highest BCUT2D eigenvalue weighted by molar-refractivity contribution is 6.28. The standard InChI is InChI=1S/C12H9ClN4/c1-8-2-4-9(5-3-8)15-11-6-10(7-14)16-12(13)17-11/h2-6H,1H3,(H,15,16,17). The molecule has 0 spiro atoms. The molecule has 0 aliphatic heterocycles. The maximum atomic E-state index is 8.76. The van der Waals surface area contributed by atoms with Crippen LogP contribution in [0.25, 0.3) is 0 Å². The van der Waals surface area contributed by atoms with Gasteiger partial charge in [0.2, 0.25) is 5.28 Å². The zero-order valence-corrected chi connectivity index (χ0v) is 9.86. The van der Waals surface area contributed by atoms with Crippen LogP contribution in [0.5, 0.6) is 0 Å². The summed E-state index contributed by atoms with van der Waals surface area (Å²) >= 11 is 5.71. The highest BCUT2D eigenvalue weighted by Crippen LogP contribution is 2.17. The summed E-state index contributed by atoms with van der Waals surface area (Å²) in [5.41, 5.74) is 2.29. The van der Waals surface area contributed by atoms with Crippen molar-refractivity contribution < 1.29 is 0 Å². The minimum absolute atomic E-state index is 0.0543. The third-order valence-electron chi connectivity index (χ3n) is 2.14. The Kier molecular flexibility index (Phi) is 3.22. The number of anilines is 2. The molecule has 0 atom stereocenters. The monoisotopic (exact) mass is 244 g/mol. The SMILES string of the molecule is Cc1ccc(Nc2cc(C#N)nc(Cl)n2)cc1. The Morgan fingerprint density at radius 2 is 1.94 bits per heavy atom. The van der Waals surface area contributed by atoms with Gasteiger partial charge < -0.3 is 5.32 Å². The molecule has 0 radical (unpaired) electrons. The molecule has 5 heteroatoms. The van der Waals surface area contributed by atoms with Crippen LogP contribution in [-0.4, -0.2) is 9.97 Å². The van der Waals surface area contributed by atoms with Crippen LogP contribution in [0.15, 0.2) is 30.3 Å². The van der Waals surface area contributed by atoms with Gasteiger partial charge in [0, 0.05) is 11.8 Å². The first-order chi connectivity index (χ1) is 8.17. The van der Waals surface area contributed by atoms with E-state index in [1.807, 2.05) is 37.3 Å². The lowest BCUT2D eigenvalue weighted by molar-refractivity contribution is 1.14. The lowest BCUT2D eigenvalue weighted by Gasteiger charge is -2.06. The molecule has 0 unspecified atom stereocenters. The Morgan fingerprint density at radius 3 is 2.59 bits per heavy atom. The van der Waals surface area contributed by atoms with Crippen LogP contribution in [-0.2, 0) is 0 Å². The van der Waals surface area contributed by atoms with Crippen LogP contribution >= 0.6 is 11.6 Å². The van der Waals surface area contributed by atoms with Gasteiger partial charge in [0.25, 0.3) is 0 Å². The molecule has 17 heavy (non-hydrogen) atoms. The molecule has 2 aromatic rings. The van der Waals surface area contributed by atoms with E-state index in [9.17, 15) is 0 Å². The highest BCUT2D eigenvalue weighted by atomic mass is 35.5. The van der Waals surface area contributed by atoms with Crippen molar-refractivity contribution >= 4 is 23.1 Å². The first-order valence-electron chi connectivity index (χ1n) is 4.96. The van der Waals surface area contributed by atoms with Crippen molar-refractivity contribution in [2.75, 3.05) is 5.32 Å². The number of nitriles is 1. The highest BCUT2D eigenvalue weighted by Gasteiger charge is 2.02. The van der Waals surface area contributed by atoms with Crippen molar-refractivity contribution in [2.24, 2.45) is 0 Å². The van der Waals surface area contributed by atoms with E-state index in [1.165, 1.54) is 5.56 Å². The van der Waals surface area contributed by atoms with E-state index in [4.69, 9.17) is 16.9 Å². The Morgan fingerprint density at radius 1 is 1.24 bits per heavy atom. The largest absolute Gasteiger partial charge is 0.340 e. The fourth-order valence-electron chi connectivity index (χ4n) is 1.32. The molecule has 1 aromatic carbocycles. The van der Waals surface area contributed by atoms with Crippen LogP contribution < -0.4 is 5.32 Å². The quantitative estimate of drug-likeness (QED) is 0.825. The van der Waals surface area contributed by atoms with Crippen LogP contribution in [0.1, 0.15) is 11.3 Å². The summed E-state index contributed by atoms with van der Waals surface area (Å²) in [4.78, 5) is 7.75. The Hall–Kier alpha value is -2.12.